The number of para-hydroxylation sites is 1. The van der Waals surface area contributed by atoms with Crippen LogP contribution in [0.15, 0.2) is 60.7 Å². The number of hydrogen-bond donors (Lipinski definition) is 1. The Kier molecular flexibility index (Phi) is 4.38. The highest BCUT2D eigenvalue weighted by Gasteiger charge is 2.13. The average Bonchev–Trinajstić information content (AvgIpc) is 3.08. The van der Waals surface area contributed by atoms with E-state index in [2.05, 4.69) is 18.3 Å². The molecule has 0 radical (unpaired) electrons. The van der Waals surface area contributed by atoms with E-state index in [0.29, 0.717) is 10.8 Å². The third-order valence-electron chi connectivity index (χ3n) is 3.95. The second kappa shape index (κ2) is 6.82. The van der Waals surface area contributed by atoms with Gasteiger partial charge in [0.25, 0.3) is 0 Å². The first-order chi connectivity index (χ1) is 12.2. The number of benzene rings is 2. The topological polar surface area (TPSA) is 37.8 Å². The van der Waals surface area contributed by atoms with Gasteiger partial charge in [-0.1, -0.05) is 61.0 Å². The quantitative estimate of drug-likeness (QED) is 0.460. The molecule has 2 heterocycles. The Balaban J connectivity index is 1.88. The van der Waals surface area contributed by atoms with Gasteiger partial charge < -0.3 is 5.32 Å². The van der Waals surface area contributed by atoms with Crippen molar-refractivity contribution in [3.8, 4) is 11.4 Å². The van der Waals surface area contributed by atoms with Crippen LogP contribution in [-0.2, 0) is 6.42 Å². The maximum Gasteiger partial charge on any atom is 0.163 e. The molecule has 0 aliphatic heterocycles. The summed E-state index contributed by atoms with van der Waals surface area (Å²) in [6.07, 6.45) is 0.979. The Morgan fingerprint density at radius 2 is 1.76 bits per heavy atom. The molecule has 0 unspecified atom stereocenters. The molecular formula is C20H16ClN3S. The van der Waals surface area contributed by atoms with Crippen molar-refractivity contribution in [1.29, 1.82) is 0 Å². The summed E-state index contributed by atoms with van der Waals surface area (Å²) in [5, 5.41) is 5.08. The Hall–Kier alpha value is -2.43. The minimum atomic E-state index is 0.668. The maximum absolute atomic E-state index is 6.31. The van der Waals surface area contributed by atoms with E-state index >= 15 is 0 Å². The Bertz CT molecular complexity index is 1030. The molecule has 1 N–H and O–H groups in total. The number of halogens is 1. The molecule has 0 fully saturated rings. The monoisotopic (exact) mass is 365 g/mol. The average molecular weight is 366 g/mol. The molecule has 4 rings (SSSR count). The van der Waals surface area contributed by atoms with Crippen molar-refractivity contribution in [2.24, 2.45) is 0 Å². The molecule has 25 heavy (non-hydrogen) atoms. The van der Waals surface area contributed by atoms with E-state index in [1.807, 2.05) is 54.6 Å². The number of fused-ring (bicyclic) bond motifs is 1. The van der Waals surface area contributed by atoms with Crippen LogP contribution >= 0.6 is 22.9 Å². The number of aromatic nitrogens is 2. The number of nitrogens with zero attached hydrogens (tertiary/aromatic N) is 2. The molecule has 0 aliphatic rings. The molecule has 4 aromatic rings. The van der Waals surface area contributed by atoms with Crippen LogP contribution in [0.2, 0.25) is 5.02 Å². The highest BCUT2D eigenvalue weighted by atomic mass is 35.5. The minimum Gasteiger partial charge on any atom is -0.338 e. The first kappa shape index (κ1) is 16.1. The molecule has 2 aromatic heterocycles. The van der Waals surface area contributed by atoms with Crippen LogP contribution < -0.4 is 5.32 Å². The second-order valence-corrected chi connectivity index (χ2v) is 7.17. The summed E-state index contributed by atoms with van der Waals surface area (Å²) in [6.45, 7) is 2.15. The smallest absolute Gasteiger partial charge is 0.163 e. The van der Waals surface area contributed by atoms with E-state index in [9.17, 15) is 0 Å². The third-order valence-corrected chi connectivity index (χ3v) is 5.45. The number of nitrogens with one attached hydrogen (secondary N) is 1. The van der Waals surface area contributed by atoms with E-state index in [0.717, 1.165) is 33.7 Å². The third kappa shape index (κ3) is 3.23. The van der Waals surface area contributed by atoms with E-state index in [1.165, 1.54) is 4.88 Å². The highest BCUT2D eigenvalue weighted by Crippen LogP contribution is 2.34. The van der Waals surface area contributed by atoms with Crippen LogP contribution in [0.4, 0.5) is 11.5 Å². The summed E-state index contributed by atoms with van der Waals surface area (Å²) in [5.41, 5.74) is 1.84. The van der Waals surface area contributed by atoms with Crippen molar-refractivity contribution < 1.29 is 0 Å². The largest absolute Gasteiger partial charge is 0.338 e. The zero-order valence-corrected chi connectivity index (χ0v) is 15.2. The van der Waals surface area contributed by atoms with Gasteiger partial charge in [0.2, 0.25) is 0 Å². The van der Waals surface area contributed by atoms with Crippen LogP contribution in [0.1, 0.15) is 11.8 Å². The first-order valence-electron chi connectivity index (χ1n) is 8.12. The summed E-state index contributed by atoms with van der Waals surface area (Å²) in [5.74, 6) is 1.50. The van der Waals surface area contributed by atoms with Gasteiger partial charge in [-0.3, -0.25) is 0 Å². The van der Waals surface area contributed by atoms with Crippen LogP contribution in [0.3, 0.4) is 0 Å². The molecule has 2 aromatic carbocycles. The molecule has 0 spiro atoms. The summed E-state index contributed by atoms with van der Waals surface area (Å²) in [4.78, 5) is 11.8. The van der Waals surface area contributed by atoms with E-state index in [1.54, 1.807) is 11.3 Å². The molecule has 124 valence electrons. The lowest BCUT2D eigenvalue weighted by molar-refractivity contribution is 1.19. The van der Waals surface area contributed by atoms with Crippen molar-refractivity contribution in [2.75, 3.05) is 5.32 Å². The van der Waals surface area contributed by atoms with Crippen molar-refractivity contribution in [3.63, 3.8) is 0 Å². The molecule has 0 atom stereocenters. The van der Waals surface area contributed by atoms with Gasteiger partial charge in [-0.05, 0) is 24.6 Å². The first-order valence-corrected chi connectivity index (χ1v) is 9.31. The van der Waals surface area contributed by atoms with Crippen LogP contribution in [0.25, 0.3) is 21.6 Å². The summed E-state index contributed by atoms with van der Waals surface area (Å²) in [6, 6.07) is 19.9. The van der Waals surface area contributed by atoms with E-state index in [4.69, 9.17) is 21.6 Å². The number of thiophene rings is 1. The molecule has 0 saturated carbocycles. The lowest BCUT2D eigenvalue weighted by atomic mass is 10.2. The SMILES string of the molecule is CCc1cc2c(Nc3ccccc3Cl)nc(-c3ccccc3)nc2s1. The molecule has 0 bridgehead atoms. The maximum atomic E-state index is 6.31. The molecule has 0 amide bonds. The fraction of sp³-hybridized carbons (Fsp3) is 0.100. The van der Waals surface area contributed by atoms with Gasteiger partial charge in [0.05, 0.1) is 16.1 Å². The van der Waals surface area contributed by atoms with Crippen molar-refractivity contribution in [3.05, 3.63) is 70.6 Å². The van der Waals surface area contributed by atoms with Crippen molar-refractivity contribution in [2.45, 2.75) is 13.3 Å². The van der Waals surface area contributed by atoms with Crippen LogP contribution in [0, 0.1) is 0 Å². The van der Waals surface area contributed by atoms with Gasteiger partial charge >= 0.3 is 0 Å². The Morgan fingerprint density at radius 1 is 1.00 bits per heavy atom. The minimum absolute atomic E-state index is 0.668. The van der Waals surface area contributed by atoms with E-state index < -0.39 is 0 Å². The second-order valence-electron chi connectivity index (χ2n) is 5.65. The van der Waals surface area contributed by atoms with Crippen molar-refractivity contribution >= 4 is 44.7 Å². The molecule has 0 saturated heterocycles. The molecule has 3 nitrogen and oxygen atoms in total. The fourth-order valence-electron chi connectivity index (χ4n) is 2.65. The zero-order chi connectivity index (χ0) is 17.2. The van der Waals surface area contributed by atoms with Gasteiger partial charge in [-0.25, -0.2) is 9.97 Å². The predicted octanol–water partition coefficient (Wildman–Crippen LogP) is 6.32. The summed E-state index contributed by atoms with van der Waals surface area (Å²) < 4.78 is 0. The number of anilines is 2. The molecule has 0 aliphatic carbocycles. The van der Waals surface area contributed by atoms with Crippen LogP contribution in [0.5, 0.6) is 0 Å². The molecule has 5 heteroatoms. The summed E-state index contributed by atoms with van der Waals surface area (Å²) >= 11 is 8.02. The Labute approximate surface area is 155 Å². The lowest BCUT2D eigenvalue weighted by Crippen LogP contribution is -1.98. The summed E-state index contributed by atoms with van der Waals surface area (Å²) in [7, 11) is 0. The predicted molar refractivity (Wildman–Crippen MR) is 107 cm³/mol. The number of hydrogen-bond acceptors (Lipinski definition) is 4. The molecular weight excluding hydrogens is 350 g/mol. The van der Waals surface area contributed by atoms with Gasteiger partial charge in [-0.2, -0.15) is 0 Å². The van der Waals surface area contributed by atoms with Gasteiger partial charge in [0.1, 0.15) is 10.6 Å². The highest BCUT2D eigenvalue weighted by molar-refractivity contribution is 7.18. The van der Waals surface area contributed by atoms with Crippen molar-refractivity contribution in [1.82, 2.24) is 9.97 Å². The normalized spacial score (nSPS) is 11.0. The number of rotatable bonds is 4. The van der Waals surface area contributed by atoms with Gasteiger partial charge in [0.15, 0.2) is 5.82 Å². The van der Waals surface area contributed by atoms with Crippen LogP contribution in [-0.4, -0.2) is 9.97 Å². The Morgan fingerprint density at radius 3 is 2.52 bits per heavy atom. The van der Waals surface area contributed by atoms with Gasteiger partial charge in [0, 0.05) is 10.4 Å². The number of aryl methyl sites for hydroxylation is 1. The standard InChI is InChI=1S/C20H16ClN3S/c1-2-14-12-15-19(22-17-11-7-6-10-16(17)21)23-18(24-20(15)25-14)13-8-4-3-5-9-13/h3-12H,2H2,1H3,(H,22,23,24). The van der Waals surface area contributed by atoms with E-state index in [-0.39, 0.29) is 0 Å². The lowest BCUT2D eigenvalue weighted by Gasteiger charge is -2.10. The van der Waals surface area contributed by atoms with Gasteiger partial charge in [-0.15, -0.1) is 11.3 Å². The zero-order valence-electron chi connectivity index (χ0n) is 13.7. The fourth-order valence-corrected chi connectivity index (χ4v) is 3.80.